The Balaban J connectivity index is 1.17. The van der Waals surface area contributed by atoms with Gasteiger partial charge in [0.2, 0.25) is 5.88 Å². The summed E-state index contributed by atoms with van der Waals surface area (Å²) in [6, 6.07) is 11.3. The van der Waals surface area contributed by atoms with Crippen LogP contribution in [0.1, 0.15) is 47.2 Å². The van der Waals surface area contributed by atoms with Crippen LogP contribution >= 0.6 is 0 Å². The molecule has 1 aromatic carbocycles. The highest BCUT2D eigenvalue weighted by Gasteiger charge is 2.30. The van der Waals surface area contributed by atoms with Crippen LogP contribution in [0.2, 0.25) is 0 Å². The highest BCUT2D eigenvalue weighted by atomic mass is 19.4. The molecule has 0 aliphatic heterocycles. The second-order valence-electron chi connectivity index (χ2n) is 9.07. The van der Waals surface area contributed by atoms with Crippen molar-refractivity contribution in [2.45, 2.75) is 37.9 Å². The Morgan fingerprint density at radius 3 is 2.51 bits per heavy atom. The van der Waals surface area contributed by atoms with Crippen LogP contribution in [-0.4, -0.2) is 31.7 Å². The number of halogens is 4. The summed E-state index contributed by atoms with van der Waals surface area (Å²) in [7, 11) is 0. The fraction of sp³-hybridized carbons (Fsp3) is 0.214. The molecular formula is C28H23F4N5O2. The number of nitrogens with one attached hydrogen (secondary N) is 1. The van der Waals surface area contributed by atoms with Crippen LogP contribution in [0.4, 0.5) is 17.6 Å². The monoisotopic (exact) mass is 537 g/mol. The van der Waals surface area contributed by atoms with Crippen molar-refractivity contribution in [1.82, 2.24) is 25.1 Å². The first kappa shape index (κ1) is 26.1. The Bertz CT molecular complexity index is 1460. The molecule has 3 aromatic heterocycles. The topological polar surface area (TPSA) is 81.9 Å². The van der Waals surface area contributed by atoms with Gasteiger partial charge in [0.05, 0.1) is 11.1 Å². The van der Waals surface area contributed by atoms with E-state index in [0.29, 0.717) is 48.8 Å². The largest absolute Gasteiger partial charge is 0.439 e. The smallest absolute Gasteiger partial charge is 0.417 e. The van der Waals surface area contributed by atoms with E-state index in [0.717, 1.165) is 17.7 Å². The number of carbonyl (C=O) groups excluding carboxylic acids is 1. The molecule has 200 valence electrons. The second-order valence-corrected chi connectivity index (χ2v) is 9.07. The quantitative estimate of drug-likeness (QED) is 0.289. The second kappa shape index (κ2) is 11.1. The molecule has 0 bridgehead atoms. The number of carbonyl (C=O) groups is 1. The number of pyridine rings is 2. The van der Waals surface area contributed by atoms with Crippen molar-refractivity contribution in [3.63, 3.8) is 0 Å². The van der Waals surface area contributed by atoms with Gasteiger partial charge >= 0.3 is 6.18 Å². The summed E-state index contributed by atoms with van der Waals surface area (Å²) < 4.78 is 59.8. The van der Waals surface area contributed by atoms with Gasteiger partial charge in [-0.1, -0.05) is 11.6 Å². The molecule has 0 saturated heterocycles. The molecule has 1 aliphatic carbocycles. The van der Waals surface area contributed by atoms with Crippen molar-refractivity contribution in [1.29, 1.82) is 0 Å². The number of rotatable bonds is 6. The molecule has 1 N–H and O–H groups in total. The first-order chi connectivity index (χ1) is 18.7. The van der Waals surface area contributed by atoms with Gasteiger partial charge in [-0.15, -0.1) is 0 Å². The van der Waals surface area contributed by atoms with Gasteiger partial charge in [0.15, 0.2) is 5.82 Å². The lowest BCUT2D eigenvalue weighted by atomic mass is 9.89. The summed E-state index contributed by atoms with van der Waals surface area (Å²) in [6.07, 6.45) is 5.61. The average molecular weight is 538 g/mol. The molecule has 39 heavy (non-hydrogen) atoms. The van der Waals surface area contributed by atoms with Gasteiger partial charge in [-0.25, -0.2) is 19.0 Å². The molecule has 1 amide bonds. The average Bonchev–Trinajstić information content (AvgIpc) is 3.47. The van der Waals surface area contributed by atoms with E-state index in [9.17, 15) is 22.4 Å². The summed E-state index contributed by atoms with van der Waals surface area (Å²) in [5.41, 5.74) is 0.898. The standard InChI is InChI=1S/C28H23F4N5O2/c29-24-9-8-23(39-26-11-5-21(17-34-26)28(30,31)32)15-20(24)14-18-2-6-22(7-3-18)36-27(38)19-4-10-25(33-16-19)37-13-1-12-35-37/h1,4-5,8-17,22H,2-3,6-7H2,(H,36,38). The van der Waals surface area contributed by atoms with E-state index in [-0.39, 0.29) is 23.6 Å². The van der Waals surface area contributed by atoms with E-state index in [1.807, 2.05) is 0 Å². The van der Waals surface area contributed by atoms with Gasteiger partial charge in [0, 0.05) is 42.5 Å². The fourth-order valence-corrected chi connectivity index (χ4v) is 4.25. The summed E-state index contributed by atoms with van der Waals surface area (Å²) in [5.74, 6) is 0.178. The summed E-state index contributed by atoms with van der Waals surface area (Å²) in [4.78, 5) is 20.6. The lowest BCUT2D eigenvalue weighted by molar-refractivity contribution is -0.137. The minimum Gasteiger partial charge on any atom is -0.439 e. The van der Waals surface area contributed by atoms with Crippen LogP contribution in [0, 0.1) is 5.82 Å². The molecule has 0 spiro atoms. The summed E-state index contributed by atoms with van der Waals surface area (Å²) >= 11 is 0. The van der Waals surface area contributed by atoms with Gasteiger partial charge in [-0.3, -0.25) is 4.79 Å². The minimum absolute atomic E-state index is 0.0225. The van der Waals surface area contributed by atoms with Crippen molar-refractivity contribution < 1.29 is 27.1 Å². The summed E-state index contributed by atoms with van der Waals surface area (Å²) in [5, 5.41) is 7.15. The van der Waals surface area contributed by atoms with Crippen LogP contribution < -0.4 is 10.1 Å². The Hall–Kier alpha value is -4.54. The fourth-order valence-electron chi connectivity index (χ4n) is 4.25. The van der Waals surface area contributed by atoms with Gasteiger partial charge in [-0.2, -0.15) is 18.3 Å². The molecule has 11 heteroatoms. The Kier molecular flexibility index (Phi) is 7.40. The zero-order chi connectivity index (χ0) is 27.4. The molecule has 1 saturated carbocycles. The highest BCUT2D eigenvalue weighted by Crippen LogP contribution is 2.31. The maximum atomic E-state index is 14.5. The molecule has 0 radical (unpaired) electrons. The van der Waals surface area contributed by atoms with E-state index in [1.54, 1.807) is 41.4 Å². The number of hydrogen-bond acceptors (Lipinski definition) is 5. The van der Waals surface area contributed by atoms with Gasteiger partial charge < -0.3 is 10.1 Å². The number of allylic oxidation sites excluding steroid dienone is 1. The Morgan fingerprint density at radius 1 is 1.05 bits per heavy atom. The lowest BCUT2D eigenvalue weighted by Crippen LogP contribution is -2.36. The molecule has 0 atom stereocenters. The number of hydrogen-bond donors (Lipinski definition) is 1. The third kappa shape index (κ3) is 6.49. The molecule has 0 unspecified atom stereocenters. The molecule has 5 rings (SSSR count). The first-order valence-corrected chi connectivity index (χ1v) is 12.2. The van der Waals surface area contributed by atoms with Crippen molar-refractivity contribution in [3.05, 3.63) is 101 Å². The van der Waals surface area contributed by atoms with E-state index < -0.39 is 17.6 Å². The van der Waals surface area contributed by atoms with E-state index in [1.165, 1.54) is 24.4 Å². The Morgan fingerprint density at radius 2 is 1.87 bits per heavy atom. The van der Waals surface area contributed by atoms with Crippen LogP contribution in [0.25, 0.3) is 11.9 Å². The van der Waals surface area contributed by atoms with Crippen LogP contribution in [0.15, 0.2) is 78.9 Å². The van der Waals surface area contributed by atoms with E-state index in [2.05, 4.69) is 20.4 Å². The van der Waals surface area contributed by atoms with Gasteiger partial charge in [0.1, 0.15) is 11.6 Å². The van der Waals surface area contributed by atoms with Crippen molar-refractivity contribution in [2.24, 2.45) is 0 Å². The van der Waals surface area contributed by atoms with E-state index in [4.69, 9.17) is 4.74 Å². The zero-order valence-corrected chi connectivity index (χ0v) is 20.5. The number of nitrogens with zero attached hydrogens (tertiary/aromatic N) is 4. The van der Waals surface area contributed by atoms with Crippen molar-refractivity contribution in [2.75, 3.05) is 0 Å². The van der Waals surface area contributed by atoms with E-state index >= 15 is 0 Å². The number of amides is 1. The number of ether oxygens (including phenoxy) is 1. The van der Waals surface area contributed by atoms with Crippen LogP contribution in [-0.2, 0) is 6.18 Å². The first-order valence-electron chi connectivity index (χ1n) is 12.2. The number of benzene rings is 1. The lowest BCUT2D eigenvalue weighted by Gasteiger charge is -2.25. The molecule has 1 fully saturated rings. The number of alkyl halides is 3. The number of aromatic nitrogens is 4. The molecule has 3 heterocycles. The molecule has 4 aromatic rings. The van der Waals surface area contributed by atoms with Gasteiger partial charge in [-0.05, 0) is 68.1 Å². The maximum Gasteiger partial charge on any atom is 0.417 e. The molecule has 7 nitrogen and oxygen atoms in total. The summed E-state index contributed by atoms with van der Waals surface area (Å²) in [6.45, 7) is 0. The highest BCUT2D eigenvalue weighted by molar-refractivity contribution is 5.94. The van der Waals surface area contributed by atoms with Crippen LogP contribution in [0.3, 0.4) is 0 Å². The van der Waals surface area contributed by atoms with Gasteiger partial charge in [0.25, 0.3) is 5.91 Å². The third-order valence-corrected chi connectivity index (χ3v) is 6.33. The Labute approximate surface area is 221 Å². The third-order valence-electron chi connectivity index (χ3n) is 6.33. The van der Waals surface area contributed by atoms with Crippen molar-refractivity contribution in [3.8, 4) is 17.4 Å². The predicted octanol–water partition coefficient (Wildman–Crippen LogP) is 6.37. The minimum atomic E-state index is -4.49. The zero-order valence-electron chi connectivity index (χ0n) is 20.5. The SMILES string of the molecule is O=C(NC1CCC(=Cc2cc(Oc3ccc(C(F)(F)F)cn3)ccc2F)CC1)c1ccc(-n2cccn2)nc1. The maximum absolute atomic E-state index is 14.5. The predicted molar refractivity (Wildman–Crippen MR) is 135 cm³/mol. The normalized spacial score (nSPS) is 15.6. The van der Waals surface area contributed by atoms with Crippen molar-refractivity contribution >= 4 is 12.0 Å². The molecule has 1 aliphatic rings. The van der Waals surface area contributed by atoms with Crippen LogP contribution in [0.5, 0.6) is 11.6 Å². The molecular weight excluding hydrogens is 514 g/mol.